The van der Waals surface area contributed by atoms with Crippen LogP contribution < -0.4 is 5.32 Å². The van der Waals surface area contributed by atoms with Crippen LogP contribution in [-0.4, -0.2) is 34.9 Å². The van der Waals surface area contributed by atoms with Gasteiger partial charge < -0.3 is 15.5 Å². The van der Waals surface area contributed by atoms with E-state index in [9.17, 15) is 15.0 Å². The minimum atomic E-state index is -0.872. The van der Waals surface area contributed by atoms with Crippen LogP contribution in [-0.2, 0) is 4.79 Å². The lowest BCUT2D eigenvalue weighted by Gasteiger charge is -2.19. The van der Waals surface area contributed by atoms with Gasteiger partial charge in [-0.3, -0.25) is 4.79 Å². The molecule has 416 valence electrons. The van der Waals surface area contributed by atoms with Crippen LogP contribution in [0.2, 0.25) is 0 Å². The summed E-state index contributed by atoms with van der Waals surface area (Å²) in [6.45, 7) is 4.20. The Labute approximate surface area is 449 Å². The number of carbonyl (C=O) groups is 1. The Kier molecular flexibility index (Phi) is 60.3. The molecule has 0 spiro atoms. The van der Waals surface area contributed by atoms with E-state index < -0.39 is 12.1 Å². The molecule has 1 amide bonds. The zero-order valence-electron chi connectivity index (χ0n) is 47.9. The minimum absolute atomic E-state index is 0.0793. The van der Waals surface area contributed by atoms with Crippen molar-refractivity contribution in [1.29, 1.82) is 0 Å². The summed E-state index contributed by atoms with van der Waals surface area (Å²) in [5.41, 5.74) is 0. The van der Waals surface area contributed by atoms with Crippen molar-refractivity contribution in [2.75, 3.05) is 6.61 Å². The van der Waals surface area contributed by atoms with Gasteiger partial charge >= 0.3 is 0 Å². The zero-order chi connectivity index (χ0) is 52.0. The molecule has 0 saturated heterocycles. The monoisotopic (exact) mass is 1000 g/mol. The molecule has 0 aliphatic heterocycles. The van der Waals surface area contributed by atoms with E-state index in [2.05, 4.69) is 104 Å². The van der Waals surface area contributed by atoms with Gasteiger partial charge in [-0.25, -0.2) is 0 Å². The number of allylic oxidation sites excluding steroid dienone is 15. The molecule has 0 aromatic carbocycles. The van der Waals surface area contributed by atoms with Crippen LogP contribution in [0.5, 0.6) is 0 Å². The molecule has 4 nitrogen and oxygen atoms in total. The summed E-state index contributed by atoms with van der Waals surface area (Å²) < 4.78 is 0. The topological polar surface area (TPSA) is 69.6 Å². The SMILES string of the molecule is CC/C=C\C/C=C\C/C=C\C/C=C\C/C=C\C/C=C\CCCCCCCCCCCCC(=O)NC(CO)C(O)/C=C/CC/C=C/CCCCCCCCCCCCCCCCCCCCCCCCCCC. The Morgan fingerprint density at radius 3 is 0.972 bits per heavy atom. The van der Waals surface area contributed by atoms with Gasteiger partial charge in [0.2, 0.25) is 5.91 Å². The highest BCUT2D eigenvalue weighted by Crippen LogP contribution is 2.17. The third kappa shape index (κ3) is 58.2. The van der Waals surface area contributed by atoms with E-state index in [0.717, 1.165) is 70.6 Å². The van der Waals surface area contributed by atoms with E-state index in [1.54, 1.807) is 6.08 Å². The molecule has 0 radical (unpaired) electrons. The van der Waals surface area contributed by atoms with Gasteiger partial charge in [0.15, 0.2) is 0 Å². The first kappa shape index (κ1) is 69.3. The maximum absolute atomic E-state index is 12.5. The molecule has 2 unspecified atom stereocenters. The number of carbonyl (C=O) groups excluding carboxylic acids is 1. The normalized spacial score (nSPS) is 13.4. The molecule has 0 rings (SSSR count). The van der Waals surface area contributed by atoms with Crippen LogP contribution >= 0.6 is 0 Å². The summed E-state index contributed by atoms with van der Waals surface area (Å²) in [4.78, 5) is 12.5. The molecule has 0 heterocycles. The third-order valence-corrected chi connectivity index (χ3v) is 14.1. The number of aliphatic hydroxyl groups excluding tert-OH is 2. The molecule has 0 aromatic heterocycles. The highest BCUT2D eigenvalue weighted by atomic mass is 16.3. The first-order chi connectivity index (χ1) is 35.7. The van der Waals surface area contributed by atoms with Crippen LogP contribution in [0.1, 0.15) is 309 Å². The number of unbranched alkanes of at least 4 members (excludes halogenated alkanes) is 36. The van der Waals surface area contributed by atoms with E-state index in [1.165, 1.54) is 218 Å². The van der Waals surface area contributed by atoms with E-state index in [1.807, 2.05) is 6.08 Å². The van der Waals surface area contributed by atoms with Gasteiger partial charge in [-0.2, -0.15) is 0 Å². The fourth-order valence-electron chi connectivity index (χ4n) is 9.32. The number of nitrogens with one attached hydrogen (secondary N) is 1. The second-order valence-corrected chi connectivity index (χ2v) is 21.1. The predicted molar refractivity (Wildman–Crippen MR) is 322 cm³/mol. The van der Waals surface area contributed by atoms with Crippen molar-refractivity contribution in [1.82, 2.24) is 5.32 Å². The molecular formula is C68H121NO3. The van der Waals surface area contributed by atoms with Crippen molar-refractivity contribution in [3.63, 3.8) is 0 Å². The van der Waals surface area contributed by atoms with Crippen LogP contribution in [0.3, 0.4) is 0 Å². The largest absolute Gasteiger partial charge is 0.394 e. The van der Waals surface area contributed by atoms with Gasteiger partial charge in [0.05, 0.1) is 18.8 Å². The van der Waals surface area contributed by atoms with E-state index >= 15 is 0 Å². The van der Waals surface area contributed by atoms with Crippen molar-refractivity contribution in [3.05, 3.63) is 97.2 Å². The number of hydrogen-bond donors (Lipinski definition) is 3. The maximum Gasteiger partial charge on any atom is 0.220 e. The molecule has 0 aliphatic carbocycles. The minimum Gasteiger partial charge on any atom is -0.394 e. The van der Waals surface area contributed by atoms with E-state index in [4.69, 9.17) is 0 Å². The Balaban J connectivity index is 3.55. The predicted octanol–water partition coefficient (Wildman–Crippen LogP) is 21.3. The molecule has 0 bridgehead atoms. The standard InChI is InChI=1S/C68H121NO3/c1-3-5-7-9-11-13-15-17-19-21-23-25-27-29-31-33-34-36-37-39-41-43-45-47-49-51-53-55-57-59-61-63-67(71)66(65-70)69-68(72)64-62-60-58-56-54-52-50-48-46-44-42-40-38-35-32-30-28-26-24-22-20-18-16-14-12-10-8-6-4-2/h6,8,12,14,18,20,24,26,30,32,38,40,53,55,61,63,66-67,70-71H,3-5,7,9-11,13,15-17,19,21-23,25,27-29,31,33-37,39,41-52,54,56-60,62,64-65H2,1-2H3,(H,69,72)/b8-6-,14-12-,20-18-,26-24-,32-30-,40-38-,55-53+,63-61+. The molecule has 0 aliphatic rings. The average Bonchev–Trinajstić information content (AvgIpc) is 3.39. The van der Waals surface area contributed by atoms with Crippen LogP contribution in [0, 0.1) is 0 Å². The molecule has 3 N–H and O–H groups in total. The second-order valence-electron chi connectivity index (χ2n) is 21.1. The number of rotatable bonds is 57. The Morgan fingerprint density at radius 2 is 0.625 bits per heavy atom. The molecule has 72 heavy (non-hydrogen) atoms. The van der Waals surface area contributed by atoms with Gasteiger partial charge in [0.25, 0.3) is 0 Å². The lowest BCUT2D eigenvalue weighted by Crippen LogP contribution is -2.45. The van der Waals surface area contributed by atoms with Gasteiger partial charge in [-0.1, -0.05) is 317 Å². The van der Waals surface area contributed by atoms with Crippen LogP contribution in [0.4, 0.5) is 0 Å². The van der Waals surface area contributed by atoms with Crippen molar-refractivity contribution >= 4 is 5.91 Å². The maximum atomic E-state index is 12.5. The quantitative estimate of drug-likeness (QED) is 0.0420. The summed E-state index contributed by atoms with van der Waals surface area (Å²) >= 11 is 0. The van der Waals surface area contributed by atoms with Gasteiger partial charge in [0, 0.05) is 6.42 Å². The molecular weight excluding hydrogens is 879 g/mol. The van der Waals surface area contributed by atoms with E-state index in [0.29, 0.717) is 6.42 Å². The first-order valence-corrected chi connectivity index (χ1v) is 31.5. The lowest BCUT2D eigenvalue weighted by atomic mass is 10.0. The number of hydrogen-bond acceptors (Lipinski definition) is 3. The van der Waals surface area contributed by atoms with E-state index in [-0.39, 0.29) is 12.5 Å². The summed E-state index contributed by atoms with van der Waals surface area (Å²) in [5.74, 6) is -0.0793. The molecule has 0 fully saturated rings. The highest BCUT2D eigenvalue weighted by molar-refractivity contribution is 5.76. The summed E-state index contributed by atoms with van der Waals surface area (Å²) in [6.07, 6.45) is 93.1. The zero-order valence-corrected chi connectivity index (χ0v) is 47.9. The molecule has 0 aromatic rings. The summed E-state index contributed by atoms with van der Waals surface area (Å²) in [5, 5.41) is 23.2. The Hall–Kier alpha value is -2.69. The Bertz CT molecular complexity index is 1320. The van der Waals surface area contributed by atoms with Crippen molar-refractivity contribution in [2.45, 2.75) is 321 Å². The lowest BCUT2D eigenvalue weighted by molar-refractivity contribution is -0.123. The average molecular weight is 1000 g/mol. The molecule has 4 heteroatoms. The number of amides is 1. The molecule has 0 saturated carbocycles. The van der Waals surface area contributed by atoms with Crippen molar-refractivity contribution < 1.29 is 15.0 Å². The Morgan fingerprint density at radius 1 is 0.347 bits per heavy atom. The van der Waals surface area contributed by atoms with Crippen molar-refractivity contribution in [2.24, 2.45) is 0 Å². The fraction of sp³-hybridized carbons (Fsp3) is 0.750. The summed E-state index contributed by atoms with van der Waals surface area (Å²) in [7, 11) is 0. The van der Waals surface area contributed by atoms with Gasteiger partial charge in [0.1, 0.15) is 0 Å². The summed E-state index contributed by atoms with van der Waals surface area (Å²) in [6, 6.07) is -0.650. The van der Waals surface area contributed by atoms with Crippen LogP contribution in [0.15, 0.2) is 97.2 Å². The highest BCUT2D eigenvalue weighted by Gasteiger charge is 2.18. The number of aliphatic hydroxyl groups is 2. The third-order valence-electron chi connectivity index (χ3n) is 14.1. The first-order valence-electron chi connectivity index (χ1n) is 31.5. The smallest absolute Gasteiger partial charge is 0.220 e. The second kappa shape index (κ2) is 62.6. The fourth-order valence-corrected chi connectivity index (χ4v) is 9.32. The molecule has 2 atom stereocenters. The van der Waals surface area contributed by atoms with Gasteiger partial charge in [-0.05, 0) is 83.5 Å². The van der Waals surface area contributed by atoms with Gasteiger partial charge in [-0.15, -0.1) is 0 Å². The van der Waals surface area contributed by atoms with Crippen LogP contribution in [0.25, 0.3) is 0 Å². The van der Waals surface area contributed by atoms with Crippen molar-refractivity contribution in [3.8, 4) is 0 Å².